The van der Waals surface area contributed by atoms with E-state index in [-0.39, 0.29) is 51.5 Å². The Kier molecular flexibility index (Phi) is 7.19. The summed E-state index contributed by atoms with van der Waals surface area (Å²) in [6, 6.07) is 2.52. The van der Waals surface area contributed by atoms with E-state index < -0.39 is 6.09 Å². The average Bonchev–Trinajstić information content (AvgIpc) is 2.58. The summed E-state index contributed by atoms with van der Waals surface area (Å²) in [5.74, 6) is -0.488. The third-order valence-electron chi connectivity index (χ3n) is 5.19. The van der Waals surface area contributed by atoms with Crippen LogP contribution in [0.5, 0.6) is 0 Å². The SMILES string of the molecule is CC(=O)c1cc(Cl)c(NC(=O)CN2CCN(C(=O)O)C(C(C)(C)C)C2C)c(Cl)c1. The van der Waals surface area contributed by atoms with Crippen molar-refractivity contribution in [2.45, 2.75) is 46.7 Å². The number of piperazine rings is 1. The second-order valence-electron chi connectivity index (χ2n) is 8.42. The summed E-state index contributed by atoms with van der Waals surface area (Å²) < 4.78 is 0. The van der Waals surface area contributed by atoms with Gasteiger partial charge in [-0.1, -0.05) is 44.0 Å². The van der Waals surface area contributed by atoms with Gasteiger partial charge in [0.25, 0.3) is 0 Å². The van der Waals surface area contributed by atoms with Gasteiger partial charge in [0.15, 0.2) is 5.78 Å². The Balaban J connectivity index is 2.15. The Morgan fingerprint density at radius 1 is 1.17 bits per heavy atom. The predicted octanol–water partition coefficient (Wildman–Crippen LogP) is 4.23. The highest BCUT2D eigenvalue weighted by Gasteiger charge is 2.43. The molecule has 2 amide bonds. The largest absolute Gasteiger partial charge is 0.465 e. The molecule has 1 aliphatic rings. The van der Waals surface area contributed by atoms with Gasteiger partial charge in [0.1, 0.15) is 0 Å². The van der Waals surface area contributed by atoms with Gasteiger partial charge in [-0.05, 0) is 31.4 Å². The zero-order valence-corrected chi connectivity index (χ0v) is 18.8. The molecule has 1 aliphatic heterocycles. The van der Waals surface area contributed by atoms with Crippen LogP contribution in [0, 0.1) is 5.41 Å². The fourth-order valence-electron chi connectivity index (χ4n) is 3.93. The second kappa shape index (κ2) is 8.90. The zero-order chi connectivity index (χ0) is 22.1. The van der Waals surface area contributed by atoms with Crippen LogP contribution in [0.3, 0.4) is 0 Å². The highest BCUT2D eigenvalue weighted by Crippen LogP contribution is 2.34. The number of carbonyl (C=O) groups excluding carboxylic acids is 2. The third-order valence-corrected chi connectivity index (χ3v) is 5.79. The van der Waals surface area contributed by atoms with Gasteiger partial charge in [0, 0.05) is 24.7 Å². The van der Waals surface area contributed by atoms with Crippen molar-refractivity contribution in [2.24, 2.45) is 5.41 Å². The summed E-state index contributed by atoms with van der Waals surface area (Å²) in [6.07, 6.45) is -0.954. The van der Waals surface area contributed by atoms with Gasteiger partial charge in [0.05, 0.1) is 28.3 Å². The summed E-state index contributed by atoms with van der Waals surface area (Å²) in [5, 5.41) is 12.6. The number of Topliss-reactive ketones (excluding diaryl/α,β-unsaturated/α-hetero) is 1. The lowest BCUT2D eigenvalue weighted by Crippen LogP contribution is -2.64. The minimum Gasteiger partial charge on any atom is -0.465 e. The number of halogens is 2. The quantitative estimate of drug-likeness (QED) is 0.679. The van der Waals surface area contributed by atoms with Crippen LogP contribution in [0.25, 0.3) is 0 Å². The standard InChI is InChI=1S/C20H27Cl2N3O4/c1-11-18(20(3,4)5)25(19(28)29)7-6-24(11)10-16(27)23-17-14(21)8-13(12(2)26)9-15(17)22/h8-9,11,18H,6-7,10H2,1-5H3,(H,23,27)(H,28,29). The first-order valence-electron chi connectivity index (χ1n) is 9.36. The van der Waals surface area contributed by atoms with E-state index >= 15 is 0 Å². The molecule has 1 aromatic rings. The Morgan fingerprint density at radius 2 is 1.72 bits per heavy atom. The van der Waals surface area contributed by atoms with Crippen LogP contribution >= 0.6 is 23.2 Å². The highest BCUT2D eigenvalue weighted by atomic mass is 35.5. The van der Waals surface area contributed by atoms with Gasteiger partial charge in [-0.25, -0.2) is 4.79 Å². The van der Waals surface area contributed by atoms with E-state index in [1.807, 2.05) is 32.6 Å². The molecule has 0 spiro atoms. The van der Waals surface area contributed by atoms with Crippen LogP contribution in [0.15, 0.2) is 12.1 Å². The van der Waals surface area contributed by atoms with Crippen LogP contribution < -0.4 is 5.32 Å². The maximum atomic E-state index is 12.7. The van der Waals surface area contributed by atoms with E-state index in [4.69, 9.17) is 23.2 Å². The third kappa shape index (κ3) is 5.41. The van der Waals surface area contributed by atoms with Crippen molar-refractivity contribution in [3.05, 3.63) is 27.7 Å². The van der Waals surface area contributed by atoms with Crippen LogP contribution in [0.1, 0.15) is 45.0 Å². The Bertz CT molecular complexity index is 799. The van der Waals surface area contributed by atoms with Crippen molar-refractivity contribution in [3.63, 3.8) is 0 Å². The zero-order valence-electron chi connectivity index (χ0n) is 17.3. The molecule has 1 fully saturated rings. The summed E-state index contributed by atoms with van der Waals surface area (Å²) >= 11 is 12.4. The lowest BCUT2D eigenvalue weighted by atomic mass is 9.80. The first kappa shape index (κ1) is 23.4. The number of ketones is 1. The number of benzene rings is 1. The maximum absolute atomic E-state index is 12.7. The number of amides is 2. The number of carbonyl (C=O) groups is 3. The molecule has 2 unspecified atom stereocenters. The van der Waals surface area contributed by atoms with Gasteiger partial charge in [-0.3, -0.25) is 14.5 Å². The molecule has 1 heterocycles. The van der Waals surface area contributed by atoms with E-state index in [9.17, 15) is 19.5 Å². The van der Waals surface area contributed by atoms with E-state index in [0.29, 0.717) is 18.7 Å². The normalized spacial score (nSPS) is 20.4. The molecule has 2 atom stereocenters. The maximum Gasteiger partial charge on any atom is 0.407 e. The molecule has 2 N–H and O–H groups in total. The molecule has 29 heavy (non-hydrogen) atoms. The Hall–Kier alpha value is -1.83. The minimum absolute atomic E-state index is 0.0717. The van der Waals surface area contributed by atoms with Crippen LogP contribution in [-0.2, 0) is 4.79 Å². The van der Waals surface area contributed by atoms with Crippen molar-refractivity contribution in [1.29, 1.82) is 0 Å². The predicted molar refractivity (Wildman–Crippen MR) is 114 cm³/mol. The van der Waals surface area contributed by atoms with Crippen molar-refractivity contribution < 1.29 is 19.5 Å². The molecule has 0 aromatic heterocycles. The second-order valence-corrected chi connectivity index (χ2v) is 9.23. The first-order chi connectivity index (χ1) is 13.3. The summed E-state index contributed by atoms with van der Waals surface area (Å²) in [6.45, 7) is 10.1. The summed E-state index contributed by atoms with van der Waals surface area (Å²) in [5.41, 5.74) is 0.333. The first-order valence-corrected chi connectivity index (χ1v) is 10.1. The molecule has 1 aromatic carbocycles. The van der Waals surface area contributed by atoms with Gasteiger partial charge in [-0.15, -0.1) is 0 Å². The number of rotatable bonds is 4. The molecule has 2 rings (SSSR count). The van der Waals surface area contributed by atoms with Crippen molar-refractivity contribution in [1.82, 2.24) is 9.80 Å². The monoisotopic (exact) mass is 443 g/mol. The number of hydrogen-bond acceptors (Lipinski definition) is 4. The lowest BCUT2D eigenvalue weighted by molar-refractivity contribution is -0.119. The van der Waals surface area contributed by atoms with Gasteiger partial charge in [0.2, 0.25) is 5.91 Å². The average molecular weight is 444 g/mol. The number of carboxylic acid groups (broad SMARTS) is 1. The molecule has 160 valence electrons. The fraction of sp³-hybridized carbons (Fsp3) is 0.550. The topological polar surface area (TPSA) is 90.0 Å². The molecule has 1 saturated heterocycles. The summed E-state index contributed by atoms with van der Waals surface area (Å²) in [4.78, 5) is 39.2. The molecule has 0 bridgehead atoms. The minimum atomic E-state index is -0.954. The molecule has 7 nitrogen and oxygen atoms in total. The van der Waals surface area contributed by atoms with Crippen LogP contribution in [0.2, 0.25) is 10.0 Å². The Labute approximate surface area is 180 Å². The van der Waals surface area contributed by atoms with Crippen molar-refractivity contribution in [2.75, 3.05) is 25.0 Å². The molecule has 0 radical (unpaired) electrons. The van der Waals surface area contributed by atoms with E-state index in [1.165, 1.54) is 24.0 Å². The van der Waals surface area contributed by atoms with E-state index in [0.717, 1.165) is 0 Å². The highest BCUT2D eigenvalue weighted by molar-refractivity contribution is 6.40. The molecule has 9 heteroatoms. The van der Waals surface area contributed by atoms with Crippen molar-refractivity contribution in [3.8, 4) is 0 Å². The van der Waals surface area contributed by atoms with Gasteiger partial charge >= 0.3 is 6.09 Å². The van der Waals surface area contributed by atoms with E-state index in [2.05, 4.69) is 5.32 Å². The van der Waals surface area contributed by atoms with Gasteiger partial charge in [-0.2, -0.15) is 0 Å². The smallest absolute Gasteiger partial charge is 0.407 e. The lowest BCUT2D eigenvalue weighted by Gasteiger charge is -2.50. The van der Waals surface area contributed by atoms with Gasteiger partial charge < -0.3 is 15.3 Å². The fourth-order valence-corrected chi connectivity index (χ4v) is 4.51. The van der Waals surface area contributed by atoms with Crippen LogP contribution in [-0.4, -0.2) is 64.4 Å². The Morgan fingerprint density at radius 3 is 2.17 bits per heavy atom. The van der Waals surface area contributed by atoms with Crippen LogP contribution in [0.4, 0.5) is 10.5 Å². The molecular formula is C20H27Cl2N3O4. The number of hydrogen-bond donors (Lipinski definition) is 2. The number of nitrogens with zero attached hydrogens (tertiary/aromatic N) is 2. The van der Waals surface area contributed by atoms with E-state index in [1.54, 1.807) is 0 Å². The number of nitrogens with one attached hydrogen (secondary N) is 1. The van der Waals surface area contributed by atoms with Crippen molar-refractivity contribution >= 4 is 46.7 Å². The molecule has 0 saturated carbocycles. The molecular weight excluding hydrogens is 417 g/mol. The summed E-state index contributed by atoms with van der Waals surface area (Å²) in [7, 11) is 0. The number of anilines is 1. The molecule has 0 aliphatic carbocycles.